The predicted octanol–water partition coefficient (Wildman–Crippen LogP) is 3.82. The van der Waals surface area contributed by atoms with Crippen molar-refractivity contribution in [3.63, 3.8) is 0 Å². The number of hydrogen-bond donors (Lipinski definition) is 2. The lowest BCUT2D eigenvalue weighted by Crippen LogP contribution is -2.40. The molecule has 1 aliphatic rings. The standard InChI is InChI=1S/C23H24ClF3N4O5/c1-30-20(29-14-35-17-4-2-5-18(12-17)36-23(25,26)27)19(21(33)31(22(30)34)10-3-11-32)28-13-15-6-8-16(24)9-7-15/h2,4-6,8,12,14,28,32H,3,7,9-11,13H2,1H3. The molecule has 2 N–H and O–H groups in total. The van der Waals surface area contributed by atoms with Crippen LogP contribution in [0.1, 0.15) is 19.3 Å². The molecule has 0 atom stereocenters. The zero-order valence-corrected chi connectivity index (χ0v) is 20.0. The molecule has 1 aliphatic carbocycles. The van der Waals surface area contributed by atoms with Gasteiger partial charge in [-0.3, -0.25) is 13.9 Å². The van der Waals surface area contributed by atoms with E-state index in [2.05, 4.69) is 15.0 Å². The Morgan fingerprint density at radius 2 is 1.97 bits per heavy atom. The molecule has 2 aromatic rings. The molecule has 0 amide bonds. The molecule has 9 nitrogen and oxygen atoms in total. The van der Waals surface area contributed by atoms with Gasteiger partial charge in [-0.05, 0) is 37.5 Å². The Bertz CT molecular complexity index is 1300. The van der Waals surface area contributed by atoms with Crippen LogP contribution in [0.3, 0.4) is 0 Å². The van der Waals surface area contributed by atoms with E-state index in [0.717, 1.165) is 38.3 Å². The number of anilines is 1. The Labute approximate surface area is 208 Å². The van der Waals surface area contributed by atoms with Crippen molar-refractivity contribution in [2.45, 2.75) is 32.2 Å². The highest BCUT2D eigenvalue weighted by molar-refractivity contribution is 6.29. The molecule has 3 rings (SSSR count). The molecule has 1 aromatic heterocycles. The molecule has 0 fully saturated rings. The van der Waals surface area contributed by atoms with Crippen LogP contribution in [-0.4, -0.2) is 40.2 Å². The third kappa shape index (κ3) is 7.25. The van der Waals surface area contributed by atoms with Crippen molar-refractivity contribution in [3.8, 4) is 11.5 Å². The summed E-state index contributed by atoms with van der Waals surface area (Å²) in [5.41, 5.74) is -0.296. The smallest absolute Gasteiger partial charge is 0.446 e. The maximum absolute atomic E-state index is 13.1. The third-order valence-corrected chi connectivity index (χ3v) is 5.45. The molecule has 0 radical (unpaired) electrons. The van der Waals surface area contributed by atoms with Crippen LogP contribution >= 0.6 is 11.6 Å². The first-order chi connectivity index (χ1) is 17.1. The Balaban J connectivity index is 1.91. The summed E-state index contributed by atoms with van der Waals surface area (Å²) in [5, 5.41) is 12.9. The highest BCUT2D eigenvalue weighted by atomic mass is 35.5. The fourth-order valence-electron chi connectivity index (χ4n) is 3.37. The summed E-state index contributed by atoms with van der Waals surface area (Å²) in [5.74, 6) is -0.533. The Hall–Kier alpha value is -3.51. The molecule has 0 saturated heterocycles. The predicted molar refractivity (Wildman–Crippen MR) is 129 cm³/mol. The fourth-order valence-corrected chi connectivity index (χ4v) is 3.53. The van der Waals surface area contributed by atoms with Crippen molar-refractivity contribution < 1.29 is 27.8 Å². The largest absolute Gasteiger partial charge is 0.573 e. The summed E-state index contributed by atoms with van der Waals surface area (Å²) in [4.78, 5) is 30.0. The number of nitrogens with one attached hydrogen (secondary N) is 1. The lowest BCUT2D eigenvalue weighted by Gasteiger charge is -2.17. The zero-order valence-electron chi connectivity index (χ0n) is 19.2. The van der Waals surface area contributed by atoms with E-state index in [1.54, 1.807) is 6.08 Å². The van der Waals surface area contributed by atoms with E-state index >= 15 is 0 Å². The second-order valence-electron chi connectivity index (χ2n) is 7.74. The molecular formula is C23H24ClF3N4O5. The van der Waals surface area contributed by atoms with E-state index in [1.165, 1.54) is 19.2 Å². The van der Waals surface area contributed by atoms with Crippen molar-refractivity contribution in [3.05, 3.63) is 67.9 Å². The van der Waals surface area contributed by atoms with Gasteiger partial charge in [0, 0.05) is 37.8 Å². The molecule has 1 aromatic carbocycles. The number of ether oxygens (including phenoxy) is 2. The maximum Gasteiger partial charge on any atom is 0.573 e. The van der Waals surface area contributed by atoms with Crippen molar-refractivity contribution in [2.75, 3.05) is 18.5 Å². The van der Waals surface area contributed by atoms with Crippen LogP contribution in [-0.2, 0) is 13.6 Å². The van der Waals surface area contributed by atoms with Gasteiger partial charge in [0.2, 0.25) is 0 Å². The number of allylic oxidation sites excluding steroid dienone is 3. The van der Waals surface area contributed by atoms with Crippen molar-refractivity contribution >= 4 is 29.5 Å². The van der Waals surface area contributed by atoms with Crippen molar-refractivity contribution in [2.24, 2.45) is 12.0 Å². The number of aliphatic imine (C=N–C) groups is 1. The lowest BCUT2D eigenvalue weighted by atomic mass is 10.1. The van der Waals surface area contributed by atoms with Crippen LogP contribution < -0.4 is 26.0 Å². The van der Waals surface area contributed by atoms with Gasteiger partial charge in [-0.25, -0.2) is 4.79 Å². The van der Waals surface area contributed by atoms with Crippen LogP contribution in [0.4, 0.5) is 24.7 Å². The number of benzene rings is 1. The molecule has 0 unspecified atom stereocenters. The average Bonchev–Trinajstić information content (AvgIpc) is 2.82. The second-order valence-corrected chi connectivity index (χ2v) is 8.23. The zero-order chi connectivity index (χ0) is 26.3. The molecule has 0 aliphatic heterocycles. The molecule has 1 heterocycles. The highest BCUT2D eigenvalue weighted by Crippen LogP contribution is 2.26. The molecule has 194 valence electrons. The number of halogens is 4. The van der Waals surface area contributed by atoms with Gasteiger partial charge in [0.05, 0.1) is 0 Å². The lowest BCUT2D eigenvalue weighted by molar-refractivity contribution is -0.274. The average molecular weight is 529 g/mol. The van der Waals surface area contributed by atoms with Gasteiger partial charge >= 0.3 is 12.1 Å². The Kier molecular flexibility index (Phi) is 8.99. The number of hydrogen-bond acceptors (Lipinski definition) is 7. The third-order valence-electron chi connectivity index (χ3n) is 5.14. The summed E-state index contributed by atoms with van der Waals surface area (Å²) >= 11 is 5.99. The van der Waals surface area contributed by atoms with Gasteiger partial charge in [0.25, 0.3) is 5.56 Å². The monoisotopic (exact) mass is 528 g/mol. The van der Waals surface area contributed by atoms with Gasteiger partial charge in [-0.2, -0.15) is 4.99 Å². The normalized spacial score (nSPS) is 13.9. The second kappa shape index (κ2) is 12.0. The topological polar surface area (TPSA) is 107 Å². The molecule has 13 heteroatoms. The summed E-state index contributed by atoms with van der Waals surface area (Å²) in [7, 11) is 1.41. The summed E-state index contributed by atoms with van der Waals surface area (Å²) in [6.45, 7) is 0.0851. The van der Waals surface area contributed by atoms with E-state index in [0.29, 0.717) is 12.8 Å². The number of nitrogens with zero attached hydrogens (tertiary/aromatic N) is 3. The van der Waals surface area contributed by atoms with Crippen LogP contribution in [0.15, 0.2) is 61.6 Å². The van der Waals surface area contributed by atoms with Crippen LogP contribution in [0, 0.1) is 0 Å². The molecular weight excluding hydrogens is 505 g/mol. The van der Waals surface area contributed by atoms with E-state index in [1.807, 2.05) is 6.08 Å². The highest BCUT2D eigenvalue weighted by Gasteiger charge is 2.31. The first-order valence-corrected chi connectivity index (χ1v) is 11.2. The summed E-state index contributed by atoms with van der Waals surface area (Å²) in [6, 6.07) is 4.80. The molecule has 0 bridgehead atoms. The maximum atomic E-state index is 13.1. The van der Waals surface area contributed by atoms with Crippen LogP contribution in [0.5, 0.6) is 11.5 Å². The fraction of sp³-hybridized carbons (Fsp3) is 0.348. The van der Waals surface area contributed by atoms with E-state index in [4.69, 9.17) is 21.4 Å². The van der Waals surface area contributed by atoms with Gasteiger partial charge in [-0.1, -0.05) is 29.3 Å². The number of rotatable bonds is 10. The first kappa shape index (κ1) is 27.1. The Morgan fingerprint density at radius 1 is 1.22 bits per heavy atom. The van der Waals surface area contributed by atoms with Crippen molar-refractivity contribution in [1.29, 1.82) is 0 Å². The number of aliphatic hydroxyl groups excluding tert-OH is 1. The van der Waals surface area contributed by atoms with E-state index in [9.17, 15) is 22.8 Å². The molecule has 0 spiro atoms. The first-order valence-electron chi connectivity index (χ1n) is 10.9. The Morgan fingerprint density at radius 3 is 2.64 bits per heavy atom. The summed E-state index contributed by atoms with van der Waals surface area (Å²) in [6.07, 6.45) is 1.21. The minimum atomic E-state index is -4.86. The van der Waals surface area contributed by atoms with Crippen LogP contribution in [0.25, 0.3) is 0 Å². The quantitative estimate of drug-likeness (QED) is 0.359. The minimum absolute atomic E-state index is 0.00419. The van der Waals surface area contributed by atoms with Crippen LogP contribution in [0.2, 0.25) is 0 Å². The number of alkyl halides is 3. The van der Waals surface area contributed by atoms with Gasteiger partial charge in [-0.15, -0.1) is 13.2 Å². The van der Waals surface area contributed by atoms with E-state index < -0.39 is 23.4 Å². The molecule has 0 saturated carbocycles. The van der Waals surface area contributed by atoms with E-state index in [-0.39, 0.29) is 43.4 Å². The summed E-state index contributed by atoms with van der Waals surface area (Å²) < 4.78 is 48.7. The minimum Gasteiger partial charge on any atom is -0.446 e. The van der Waals surface area contributed by atoms with Gasteiger partial charge in [0.1, 0.15) is 17.2 Å². The van der Waals surface area contributed by atoms with Gasteiger partial charge in [0.15, 0.2) is 12.2 Å². The molecule has 36 heavy (non-hydrogen) atoms. The van der Waals surface area contributed by atoms with Gasteiger partial charge < -0.3 is 19.9 Å². The SMILES string of the molecule is Cn1c(N=COc2cccc(OC(F)(F)F)c2)c(NCC2=CC=C(Cl)CC2)c(=O)n(CCCO)c1=O. The number of aromatic nitrogens is 2. The van der Waals surface area contributed by atoms with Crippen molar-refractivity contribution in [1.82, 2.24) is 9.13 Å². The number of aliphatic hydroxyl groups is 1.